The third-order valence-electron chi connectivity index (χ3n) is 7.86. The number of aromatic nitrogens is 1. The van der Waals surface area contributed by atoms with E-state index in [9.17, 15) is 4.79 Å². The average molecular weight is 491 g/mol. The molecule has 0 radical (unpaired) electrons. The Bertz CT molecular complexity index is 1240. The number of amides is 1. The molecule has 2 saturated heterocycles. The fourth-order valence-corrected chi connectivity index (χ4v) is 6.06. The second-order valence-electron chi connectivity index (χ2n) is 10.5. The number of fused-ring (bicyclic) bond motifs is 2. The highest BCUT2D eigenvalue weighted by atomic mass is 16.5. The van der Waals surface area contributed by atoms with E-state index in [2.05, 4.69) is 46.1 Å². The maximum absolute atomic E-state index is 13.5. The molecule has 0 saturated carbocycles. The number of hydrogen-bond acceptors (Lipinski definition) is 5. The Morgan fingerprint density at radius 3 is 2.39 bits per heavy atom. The molecule has 0 spiro atoms. The van der Waals surface area contributed by atoms with Crippen LogP contribution in [0.2, 0.25) is 0 Å². The Hall–Kier alpha value is -3.03. The Kier molecular flexibility index (Phi) is 6.95. The Morgan fingerprint density at radius 1 is 1.03 bits per heavy atom. The summed E-state index contributed by atoms with van der Waals surface area (Å²) in [6.45, 7) is 10.4. The molecule has 3 heterocycles. The summed E-state index contributed by atoms with van der Waals surface area (Å²) >= 11 is 0. The van der Waals surface area contributed by atoms with Gasteiger partial charge >= 0.3 is 0 Å². The smallest absolute Gasteiger partial charge is 0.253 e. The van der Waals surface area contributed by atoms with E-state index in [1.807, 2.05) is 31.3 Å². The second kappa shape index (κ2) is 10.1. The van der Waals surface area contributed by atoms with Crippen LogP contribution < -0.4 is 14.8 Å². The first-order valence-electron chi connectivity index (χ1n) is 13.0. The van der Waals surface area contributed by atoms with E-state index in [1.165, 1.54) is 5.56 Å². The molecule has 7 nitrogen and oxygen atoms in total. The van der Waals surface area contributed by atoms with Gasteiger partial charge in [0.05, 0.1) is 19.9 Å². The second-order valence-corrected chi connectivity index (χ2v) is 10.5. The number of H-pyrrole nitrogens is 1. The zero-order valence-electron chi connectivity index (χ0n) is 22.1. The zero-order chi connectivity index (χ0) is 25.4. The van der Waals surface area contributed by atoms with Crippen molar-refractivity contribution >= 4 is 16.8 Å². The van der Waals surface area contributed by atoms with Crippen molar-refractivity contribution in [2.24, 2.45) is 11.8 Å². The lowest BCUT2D eigenvalue weighted by molar-refractivity contribution is 0.0774. The van der Waals surface area contributed by atoms with Crippen LogP contribution in [0.1, 0.15) is 35.7 Å². The SMILES string of the molecule is CNCCN1CC2CN(C(=O)c3ccc4[nH]c(-c5ccc(OC)c(OC)c5)c(C(C)C)c4c3)CC2C1. The monoisotopic (exact) mass is 490 g/mol. The predicted molar refractivity (Wildman–Crippen MR) is 144 cm³/mol. The molecule has 5 rings (SSSR count). The van der Waals surface area contributed by atoms with Gasteiger partial charge in [-0.15, -0.1) is 0 Å². The molecule has 0 bridgehead atoms. The Labute approximate surface area is 213 Å². The molecular formula is C29H38N4O3. The van der Waals surface area contributed by atoms with Crippen LogP contribution in [0.25, 0.3) is 22.2 Å². The molecule has 2 aliphatic rings. The minimum atomic E-state index is 0.150. The first-order chi connectivity index (χ1) is 17.4. The first kappa shape index (κ1) is 24.7. The normalized spacial score (nSPS) is 19.9. The van der Waals surface area contributed by atoms with Crippen LogP contribution >= 0.6 is 0 Å². The van der Waals surface area contributed by atoms with Gasteiger partial charge < -0.3 is 29.6 Å². The van der Waals surface area contributed by atoms with Crippen molar-refractivity contribution in [3.05, 3.63) is 47.5 Å². The van der Waals surface area contributed by atoms with Gasteiger partial charge in [0.25, 0.3) is 5.91 Å². The van der Waals surface area contributed by atoms with Gasteiger partial charge in [-0.2, -0.15) is 0 Å². The number of carbonyl (C=O) groups excluding carboxylic acids is 1. The van der Waals surface area contributed by atoms with E-state index in [1.54, 1.807) is 14.2 Å². The van der Waals surface area contributed by atoms with Gasteiger partial charge in [0.15, 0.2) is 11.5 Å². The van der Waals surface area contributed by atoms with Crippen LogP contribution in [-0.2, 0) is 0 Å². The van der Waals surface area contributed by atoms with E-state index in [4.69, 9.17) is 9.47 Å². The number of rotatable bonds is 8. The fourth-order valence-electron chi connectivity index (χ4n) is 6.06. The molecule has 192 valence electrons. The number of likely N-dealkylation sites (tertiary alicyclic amines) is 2. The summed E-state index contributed by atoms with van der Waals surface area (Å²) in [4.78, 5) is 21.8. The number of nitrogens with one attached hydrogen (secondary N) is 2. The first-order valence-corrected chi connectivity index (χ1v) is 13.0. The van der Waals surface area contributed by atoms with Gasteiger partial charge in [0.1, 0.15) is 0 Å². The van der Waals surface area contributed by atoms with E-state index in [0.29, 0.717) is 23.3 Å². The summed E-state index contributed by atoms with van der Waals surface area (Å²) in [5.74, 6) is 3.01. The van der Waals surface area contributed by atoms with Crippen molar-refractivity contribution in [1.29, 1.82) is 0 Å². The van der Waals surface area contributed by atoms with Crippen molar-refractivity contribution in [2.45, 2.75) is 19.8 Å². The summed E-state index contributed by atoms with van der Waals surface area (Å²) in [6.07, 6.45) is 0. The van der Waals surface area contributed by atoms with E-state index in [-0.39, 0.29) is 11.8 Å². The van der Waals surface area contributed by atoms with Gasteiger partial charge in [-0.05, 0) is 66.8 Å². The minimum Gasteiger partial charge on any atom is -0.493 e. The van der Waals surface area contributed by atoms with Crippen molar-refractivity contribution < 1.29 is 14.3 Å². The van der Waals surface area contributed by atoms with Crippen LogP contribution in [0.5, 0.6) is 11.5 Å². The third kappa shape index (κ3) is 4.46. The number of benzene rings is 2. The van der Waals surface area contributed by atoms with Crippen molar-refractivity contribution in [1.82, 2.24) is 20.1 Å². The van der Waals surface area contributed by atoms with Crippen molar-refractivity contribution in [2.75, 3.05) is 60.5 Å². The molecule has 2 aromatic carbocycles. The van der Waals surface area contributed by atoms with Crippen molar-refractivity contribution in [3.63, 3.8) is 0 Å². The molecule has 0 aliphatic carbocycles. The lowest BCUT2D eigenvalue weighted by Gasteiger charge is -2.21. The minimum absolute atomic E-state index is 0.150. The number of nitrogens with zero attached hydrogens (tertiary/aromatic N) is 2. The van der Waals surface area contributed by atoms with Gasteiger partial charge in [-0.25, -0.2) is 0 Å². The molecule has 3 aromatic rings. The van der Waals surface area contributed by atoms with Gasteiger partial charge in [0, 0.05) is 61.3 Å². The van der Waals surface area contributed by atoms with Crippen LogP contribution in [0.4, 0.5) is 0 Å². The van der Waals surface area contributed by atoms with Gasteiger partial charge in [-0.3, -0.25) is 4.79 Å². The largest absolute Gasteiger partial charge is 0.493 e. The number of aromatic amines is 1. The highest BCUT2D eigenvalue weighted by Crippen LogP contribution is 2.39. The van der Waals surface area contributed by atoms with Gasteiger partial charge in [0.2, 0.25) is 0 Å². The maximum Gasteiger partial charge on any atom is 0.253 e. The molecule has 2 fully saturated rings. The van der Waals surface area contributed by atoms with Crippen LogP contribution in [-0.4, -0.2) is 81.2 Å². The number of ether oxygens (including phenoxy) is 2. The third-order valence-corrected chi connectivity index (χ3v) is 7.86. The molecule has 2 unspecified atom stereocenters. The Morgan fingerprint density at radius 2 is 1.75 bits per heavy atom. The molecule has 2 aliphatic heterocycles. The fraction of sp³-hybridized carbons (Fsp3) is 0.483. The predicted octanol–water partition coefficient (Wildman–Crippen LogP) is 4.20. The van der Waals surface area contributed by atoms with Crippen molar-refractivity contribution in [3.8, 4) is 22.8 Å². The van der Waals surface area contributed by atoms with Gasteiger partial charge in [-0.1, -0.05) is 13.8 Å². The van der Waals surface area contributed by atoms with E-state index >= 15 is 0 Å². The molecule has 7 heteroatoms. The lowest BCUT2D eigenvalue weighted by atomic mass is 9.95. The van der Waals surface area contributed by atoms with E-state index < -0.39 is 0 Å². The molecular weight excluding hydrogens is 452 g/mol. The summed E-state index contributed by atoms with van der Waals surface area (Å²) in [6, 6.07) is 12.1. The quantitative estimate of drug-likeness (QED) is 0.495. The molecule has 36 heavy (non-hydrogen) atoms. The lowest BCUT2D eigenvalue weighted by Crippen LogP contribution is -2.35. The molecule has 1 amide bonds. The standard InChI is InChI=1S/C29H38N4O3/c1-18(2)27-23-12-20(29(34)33-16-21-14-32(11-10-30-3)15-22(21)17-33)6-8-24(23)31-28(27)19-7-9-25(35-4)26(13-19)36-5/h6-9,12-13,18,21-22,30-31H,10-11,14-17H2,1-5H3. The topological polar surface area (TPSA) is 69.8 Å². The van der Waals surface area contributed by atoms with Crippen LogP contribution in [0, 0.1) is 11.8 Å². The van der Waals surface area contributed by atoms with Crippen LogP contribution in [0.3, 0.4) is 0 Å². The maximum atomic E-state index is 13.5. The highest BCUT2D eigenvalue weighted by Gasteiger charge is 2.41. The summed E-state index contributed by atoms with van der Waals surface area (Å²) in [5.41, 5.74) is 5.12. The van der Waals surface area contributed by atoms with E-state index in [0.717, 1.165) is 67.0 Å². The summed E-state index contributed by atoms with van der Waals surface area (Å²) in [5, 5.41) is 4.35. The molecule has 2 N–H and O–H groups in total. The summed E-state index contributed by atoms with van der Waals surface area (Å²) in [7, 11) is 5.30. The van der Waals surface area contributed by atoms with Crippen LogP contribution in [0.15, 0.2) is 36.4 Å². The Balaban J connectivity index is 1.41. The molecule has 2 atom stereocenters. The average Bonchev–Trinajstić information content (AvgIpc) is 3.57. The number of likely N-dealkylation sites (N-methyl/N-ethyl adjacent to an activating group) is 1. The summed E-state index contributed by atoms with van der Waals surface area (Å²) < 4.78 is 11.0. The highest BCUT2D eigenvalue weighted by molar-refractivity contribution is 6.01. The number of hydrogen-bond donors (Lipinski definition) is 2. The molecule has 1 aromatic heterocycles. The zero-order valence-corrected chi connectivity index (χ0v) is 22.1. The number of methoxy groups -OCH3 is 2. The number of carbonyl (C=O) groups is 1.